The number of aliphatic hydroxyl groups excluding tert-OH is 1. The molecular formula is C14H21NO3. The average molecular weight is 251 g/mol. The van der Waals surface area contributed by atoms with E-state index < -0.39 is 0 Å². The van der Waals surface area contributed by atoms with Crippen LogP contribution in [0.1, 0.15) is 30.5 Å². The van der Waals surface area contributed by atoms with E-state index in [4.69, 9.17) is 14.6 Å². The van der Waals surface area contributed by atoms with Crippen molar-refractivity contribution in [3.8, 4) is 11.5 Å². The van der Waals surface area contributed by atoms with Gasteiger partial charge < -0.3 is 19.9 Å². The van der Waals surface area contributed by atoms with Gasteiger partial charge in [0.25, 0.3) is 0 Å². The minimum absolute atomic E-state index is 0.0785. The van der Waals surface area contributed by atoms with Gasteiger partial charge in [-0.3, -0.25) is 0 Å². The Bertz CT molecular complexity index is 420. The Labute approximate surface area is 108 Å². The van der Waals surface area contributed by atoms with Crippen LogP contribution in [0.2, 0.25) is 0 Å². The third-order valence-electron chi connectivity index (χ3n) is 3.39. The molecule has 2 unspecified atom stereocenters. The second-order valence-electron chi connectivity index (χ2n) is 4.69. The predicted molar refractivity (Wildman–Crippen MR) is 70.3 cm³/mol. The number of ether oxygens (including phenoxy) is 2. The van der Waals surface area contributed by atoms with E-state index in [-0.39, 0.29) is 18.8 Å². The van der Waals surface area contributed by atoms with Crippen molar-refractivity contribution >= 4 is 0 Å². The second-order valence-corrected chi connectivity index (χ2v) is 4.69. The second kappa shape index (κ2) is 5.59. The quantitative estimate of drug-likeness (QED) is 0.835. The molecule has 0 amide bonds. The van der Waals surface area contributed by atoms with Crippen molar-refractivity contribution in [1.82, 2.24) is 5.32 Å². The van der Waals surface area contributed by atoms with Gasteiger partial charge >= 0.3 is 0 Å². The summed E-state index contributed by atoms with van der Waals surface area (Å²) in [5.74, 6) is 1.80. The molecule has 0 spiro atoms. The summed E-state index contributed by atoms with van der Waals surface area (Å²) in [4.78, 5) is 0. The standard InChI is InChI=1S/C14H21NO3/c1-9-6-10-7-14(17-3)11(8-13(10)18-9)12(15-2)4-5-16/h7-9,12,15-16H,4-6H2,1-3H3. The summed E-state index contributed by atoms with van der Waals surface area (Å²) >= 11 is 0. The number of aliphatic hydroxyl groups is 1. The van der Waals surface area contributed by atoms with Crippen LogP contribution in [0.4, 0.5) is 0 Å². The lowest BCUT2D eigenvalue weighted by Crippen LogP contribution is -2.18. The monoisotopic (exact) mass is 251 g/mol. The lowest BCUT2D eigenvalue weighted by molar-refractivity contribution is 0.253. The molecule has 1 heterocycles. The van der Waals surface area contributed by atoms with Gasteiger partial charge in [-0.1, -0.05) is 0 Å². The molecule has 1 aliphatic heterocycles. The normalized spacial score (nSPS) is 19.2. The van der Waals surface area contributed by atoms with E-state index in [9.17, 15) is 0 Å². The van der Waals surface area contributed by atoms with Crippen LogP contribution < -0.4 is 14.8 Å². The first-order chi connectivity index (χ1) is 8.69. The molecule has 1 aromatic rings. The van der Waals surface area contributed by atoms with E-state index in [1.165, 1.54) is 5.56 Å². The molecular weight excluding hydrogens is 230 g/mol. The maximum absolute atomic E-state index is 9.12. The summed E-state index contributed by atoms with van der Waals surface area (Å²) in [5.41, 5.74) is 2.24. The highest BCUT2D eigenvalue weighted by atomic mass is 16.5. The van der Waals surface area contributed by atoms with Crippen LogP contribution in [0, 0.1) is 0 Å². The summed E-state index contributed by atoms with van der Waals surface area (Å²) in [6, 6.07) is 4.17. The Morgan fingerprint density at radius 3 is 2.94 bits per heavy atom. The van der Waals surface area contributed by atoms with Gasteiger partial charge in [0.2, 0.25) is 0 Å². The van der Waals surface area contributed by atoms with Crippen molar-refractivity contribution in [2.45, 2.75) is 31.9 Å². The molecule has 1 aliphatic rings. The van der Waals surface area contributed by atoms with Crippen LogP contribution in [0.3, 0.4) is 0 Å². The van der Waals surface area contributed by atoms with E-state index in [1.807, 2.05) is 13.1 Å². The molecule has 2 N–H and O–H groups in total. The summed E-state index contributed by atoms with van der Waals surface area (Å²) in [5, 5.41) is 12.3. The Morgan fingerprint density at radius 1 is 1.56 bits per heavy atom. The average Bonchev–Trinajstić information content (AvgIpc) is 2.73. The number of methoxy groups -OCH3 is 1. The zero-order valence-electron chi connectivity index (χ0n) is 11.2. The maximum atomic E-state index is 9.12. The smallest absolute Gasteiger partial charge is 0.124 e. The maximum Gasteiger partial charge on any atom is 0.124 e. The van der Waals surface area contributed by atoms with Crippen molar-refractivity contribution in [2.75, 3.05) is 20.8 Å². The van der Waals surface area contributed by atoms with Gasteiger partial charge in [0.15, 0.2) is 0 Å². The third-order valence-corrected chi connectivity index (χ3v) is 3.39. The van der Waals surface area contributed by atoms with Crippen molar-refractivity contribution in [2.24, 2.45) is 0 Å². The summed E-state index contributed by atoms with van der Waals surface area (Å²) in [6.45, 7) is 2.21. The minimum atomic E-state index is 0.0785. The highest BCUT2D eigenvalue weighted by Gasteiger charge is 2.24. The Morgan fingerprint density at radius 2 is 2.33 bits per heavy atom. The molecule has 100 valence electrons. The van der Waals surface area contributed by atoms with Gasteiger partial charge in [-0.05, 0) is 32.5 Å². The SMILES string of the molecule is CNC(CCO)c1cc2c(cc1OC)CC(C)O2. The topological polar surface area (TPSA) is 50.7 Å². The van der Waals surface area contributed by atoms with Crippen molar-refractivity contribution in [1.29, 1.82) is 0 Å². The first kappa shape index (κ1) is 13.2. The molecule has 0 saturated heterocycles. The molecule has 1 aromatic carbocycles. The number of benzene rings is 1. The van der Waals surface area contributed by atoms with E-state index in [0.717, 1.165) is 23.5 Å². The molecule has 4 nitrogen and oxygen atoms in total. The van der Waals surface area contributed by atoms with Gasteiger partial charge in [-0.2, -0.15) is 0 Å². The number of hydrogen-bond donors (Lipinski definition) is 2. The third kappa shape index (κ3) is 2.44. The Balaban J connectivity index is 2.37. The molecule has 0 aromatic heterocycles. The molecule has 18 heavy (non-hydrogen) atoms. The van der Waals surface area contributed by atoms with E-state index in [0.29, 0.717) is 6.42 Å². The largest absolute Gasteiger partial charge is 0.496 e. The van der Waals surface area contributed by atoms with Crippen LogP contribution in [0.5, 0.6) is 11.5 Å². The molecule has 0 bridgehead atoms. The highest BCUT2D eigenvalue weighted by molar-refractivity contribution is 5.49. The summed E-state index contributed by atoms with van der Waals surface area (Å²) in [6.07, 6.45) is 1.81. The van der Waals surface area contributed by atoms with Crippen molar-refractivity contribution < 1.29 is 14.6 Å². The van der Waals surface area contributed by atoms with Crippen LogP contribution in [-0.2, 0) is 6.42 Å². The molecule has 0 aliphatic carbocycles. The highest BCUT2D eigenvalue weighted by Crippen LogP contribution is 2.38. The summed E-state index contributed by atoms with van der Waals surface area (Å²) < 4.78 is 11.2. The zero-order valence-corrected chi connectivity index (χ0v) is 11.2. The number of fused-ring (bicyclic) bond motifs is 1. The molecule has 2 atom stereocenters. The van der Waals surface area contributed by atoms with Gasteiger partial charge in [0, 0.05) is 30.2 Å². The lowest BCUT2D eigenvalue weighted by Gasteiger charge is -2.19. The molecule has 4 heteroatoms. The number of rotatable bonds is 5. The van der Waals surface area contributed by atoms with Gasteiger partial charge in [-0.25, -0.2) is 0 Å². The first-order valence-electron chi connectivity index (χ1n) is 6.35. The fraction of sp³-hybridized carbons (Fsp3) is 0.571. The summed E-state index contributed by atoms with van der Waals surface area (Å²) in [7, 11) is 3.56. The van der Waals surface area contributed by atoms with Crippen LogP contribution in [-0.4, -0.2) is 32.0 Å². The predicted octanol–water partition coefficient (Wildman–Crippen LogP) is 1.66. The van der Waals surface area contributed by atoms with Gasteiger partial charge in [-0.15, -0.1) is 0 Å². The van der Waals surface area contributed by atoms with Gasteiger partial charge in [0.1, 0.15) is 17.6 Å². The molecule has 0 fully saturated rings. The van der Waals surface area contributed by atoms with E-state index in [1.54, 1.807) is 7.11 Å². The number of nitrogens with one attached hydrogen (secondary N) is 1. The lowest BCUT2D eigenvalue weighted by atomic mass is 9.99. The van der Waals surface area contributed by atoms with Crippen LogP contribution in [0.15, 0.2) is 12.1 Å². The fourth-order valence-electron chi connectivity index (χ4n) is 2.49. The van der Waals surface area contributed by atoms with Crippen molar-refractivity contribution in [3.05, 3.63) is 23.3 Å². The van der Waals surface area contributed by atoms with Gasteiger partial charge in [0.05, 0.1) is 7.11 Å². The minimum Gasteiger partial charge on any atom is -0.496 e. The Hall–Kier alpha value is -1.26. The number of hydrogen-bond acceptors (Lipinski definition) is 4. The van der Waals surface area contributed by atoms with E-state index >= 15 is 0 Å². The van der Waals surface area contributed by atoms with E-state index in [2.05, 4.69) is 18.3 Å². The molecule has 0 radical (unpaired) electrons. The molecule has 2 rings (SSSR count). The van der Waals surface area contributed by atoms with Crippen LogP contribution >= 0.6 is 0 Å². The molecule has 0 saturated carbocycles. The zero-order chi connectivity index (χ0) is 13.1. The van der Waals surface area contributed by atoms with Crippen LogP contribution in [0.25, 0.3) is 0 Å². The van der Waals surface area contributed by atoms with Crippen molar-refractivity contribution in [3.63, 3.8) is 0 Å². The fourth-order valence-corrected chi connectivity index (χ4v) is 2.49. The first-order valence-corrected chi connectivity index (χ1v) is 6.35. The Kier molecular flexibility index (Phi) is 4.09.